The molecule has 150 valence electrons. The van der Waals surface area contributed by atoms with Crippen molar-refractivity contribution in [2.75, 3.05) is 34.9 Å². The van der Waals surface area contributed by atoms with E-state index in [0.29, 0.717) is 17.3 Å². The lowest BCUT2D eigenvalue weighted by molar-refractivity contribution is 0.262. The molecule has 0 aliphatic heterocycles. The van der Waals surface area contributed by atoms with Gasteiger partial charge in [-0.1, -0.05) is 0 Å². The number of aryl methyl sites for hydroxylation is 1. The van der Waals surface area contributed by atoms with Crippen molar-refractivity contribution in [2.45, 2.75) is 6.92 Å². The van der Waals surface area contributed by atoms with Gasteiger partial charge in [-0.25, -0.2) is 23.5 Å². The highest BCUT2D eigenvalue weighted by molar-refractivity contribution is 5.99. The molecule has 0 saturated carbocycles. The van der Waals surface area contributed by atoms with Gasteiger partial charge in [0.2, 0.25) is 0 Å². The van der Waals surface area contributed by atoms with E-state index in [-0.39, 0.29) is 5.69 Å². The van der Waals surface area contributed by atoms with Crippen LogP contribution in [0.3, 0.4) is 0 Å². The summed E-state index contributed by atoms with van der Waals surface area (Å²) in [5.41, 5.74) is 1.46. The van der Waals surface area contributed by atoms with E-state index in [1.807, 2.05) is 32.0 Å². The number of anilines is 5. The number of nitrogens with zero attached hydrogens (tertiary/aromatic N) is 3. The van der Waals surface area contributed by atoms with E-state index < -0.39 is 17.7 Å². The Hall–Kier alpha value is -3.75. The van der Waals surface area contributed by atoms with Crippen molar-refractivity contribution in [1.82, 2.24) is 9.97 Å². The second kappa shape index (κ2) is 8.51. The van der Waals surface area contributed by atoms with Gasteiger partial charge in [-0.3, -0.25) is 0 Å². The summed E-state index contributed by atoms with van der Waals surface area (Å²) in [6.45, 7) is 1.82. The second-order valence-electron chi connectivity index (χ2n) is 6.46. The molecular formula is C20H20F2N6O. The van der Waals surface area contributed by atoms with Gasteiger partial charge in [0.1, 0.15) is 17.5 Å². The summed E-state index contributed by atoms with van der Waals surface area (Å²) in [5.74, 6) is 0.0716. The average molecular weight is 398 g/mol. The SMILES string of the molecule is Cc1nc(Nc2ccc(NC(=O)Nc3ccc(F)c(F)c3)cc2)cc(N(C)C)n1. The van der Waals surface area contributed by atoms with Crippen LogP contribution in [0.5, 0.6) is 0 Å². The van der Waals surface area contributed by atoms with Crippen LogP contribution in [0, 0.1) is 18.6 Å². The lowest BCUT2D eigenvalue weighted by Gasteiger charge is -2.14. The van der Waals surface area contributed by atoms with E-state index in [4.69, 9.17) is 0 Å². The summed E-state index contributed by atoms with van der Waals surface area (Å²) in [5, 5.41) is 8.25. The van der Waals surface area contributed by atoms with Gasteiger partial charge in [-0.05, 0) is 43.3 Å². The molecule has 2 aromatic carbocycles. The fourth-order valence-electron chi connectivity index (χ4n) is 2.50. The third-order valence-electron chi connectivity index (χ3n) is 3.88. The molecular weight excluding hydrogens is 378 g/mol. The van der Waals surface area contributed by atoms with Gasteiger partial charge >= 0.3 is 6.03 Å². The van der Waals surface area contributed by atoms with Crippen molar-refractivity contribution in [2.24, 2.45) is 0 Å². The first-order valence-electron chi connectivity index (χ1n) is 8.73. The van der Waals surface area contributed by atoms with Gasteiger partial charge in [0.25, 0.3) is 0 Å². The molecule has 7 nitrogen and oxygen atoms in total. The lowest BCUT2D eigenvalue weighted by atomic mass is 10.2. The van der Waals surface area contributed by atoms with E-state index in [1.165, 1.54) is 6.07 Å². The van der Waals surface area contributed by atoms with Gasteiger partial charge in [-0.15, -0.1) is 0 Å². The summed E-state index contributed by atoms with van der Waals surface area (Å²) in [6.07, 6.45) is 0. The molecule has 3 N–H and O–H groups in total. The lowest BCUT2D eigenvalue weighted by Crippen LogP contribution is -2.19. The molecule has 0 bridgehead atoms. The molecule has 29 heavy (non-hydrogen) atoms. The van der Waals surface area contributed by atoms with Gasteiger partial charge in [0.05, 0.1) is 0 Å². The Morgan fingerprint density at radius 3 is 2.14 bits per heavy atom. The highest BCUT2D eigenvalue weighted by Gasteiger charge is 2.07. The number of urea groups is 1. The van der Waals surface area contributed by atoms with E-state index in [0.717, 1.165) is 23.6 Å². The zero-order valence-electron chi connectivity index (χ0n) is 16.1. The van der Waals surface area contributed by atoms with E-state index in [2.05, 4.69) is 25.9 Å². The van der Waals surface area contributed by atoms with Crippen LogP contribution in [0.4, 0.5) is 42.3 Å². The van der Waals surface area contributed by atoms with Crippen LogP contribution in [0.25, 0.3) is 0 Å². The van der Waals surface area contributed by atoms with Crippen LogP contribution in [0.1, 0.15) is 5.82 Å². The quantitative estimate of drug-likeness (QED) is 0.589. The summed E-state index contributed by atoms with van der Waals surface area (Å²) in [7, 11) is 3.80. The van der Waals surface area contributed by atoms with Gasteiger partial charge < -0.3 is 20.9 Å². The van der Waals surface area contributed by atoms with Crippen LogP contribution in [0.15, 0.2) is 48.5 Å². The molecule has 1 aromatic heterocycles. The van der Waals surface area contributed by atoms with Crippen LogP contribution in [-0.4, -0.2) is 30.1 Å². The first-order chi connectivity index (χ1) is 13.8. The van der Waals surface area contributed by atoms with Crippen LogP contribution < -0.4 is 20.9 Å². The number of rotatable bonds is 5. The maximum Gasteiger partial charge on any atom is 0.323 e. The molecule has 0 atom stereocenters. The average Bonchev–Trinajstić information content (AvgIpc) is 2.66. The molecule has 0 spiro atoms. The predicted molar refractivity (Wildman–Crippen MR) is 110 cm³/mol. The number of halogens is 2. The molecule has 3 rings (SSSR count). The normalized spacial score (nSPS) is 10.4. The standard InChI is InChI=1S/C20H20F2N6O/c1-12-23-18(11-19(24-12)28(2)3)25-13-4-6-14(7-5-13)26-20(29)27-15-8-9-16(21)17(22)10-15/h4-11H,1-3H3,(H,23,24,25)(H2,26,27,29). The summed E-state index contributed by atoms with van der Waals surface area (Å²) >= 11 is 0. The van der Waals surface area contributed by atoms with Crippen molar-refractivity contribution in [3.8, 4) is 0 Å². The fraction of sp³-hybridized carbons (Fsp3) is 0.150. The Kier molecular flexibility index (Phi) is 5.87. The molecule has 2 amide bonds. The zero-order chi connectivity index (χ0) is 21.0. The smallest absolute Gasteiger partial charge is 0.323 e. The predicted octanol–water partition coefficient (Wildman–Crippen LogP) is 4.52. The summed E-state index contributed by atoms with van der Waals surface area (Å²) in [6, 6.07) is 11.3. The van der Waals surface area contributed by atoms with E-state index in [9.17, 15) is 13.6 Å². The summed E-state index contributed by atoms with van der Waals surface area (Å²) < 4.78 is 26.1. The number of carbonyl (C=O) groups is 1. The molecule has 0 fully saturated rings. The van der Waals surface area contributed by atoms with Crippen molar-refractivity contribution in [3.05, 3.63) is 66.0 Å². The van der Waals surface area contributed by atoms with E-state index in [1.54, 1.807) is 24.3 Å². The molecule has 1 heterocycles. The molecule has 0 saturated heterocycles. The molecule has 0 aliphatic carbocycles. The number of amides is 2. The molecule has 0 radical (unpaired) electrons. The summed E-state index contributed by atoms with van der Waals surface area (Å²) in [4.78, 5) is 22.6. The van der Waals surface area contributed by atoms with Crippen molar-refractivity contribution < 1.29 is 13.6 Å². The molecule has 0 unspecified atom stereocenters. The van der Waals surface area contributed by atoms with Gasteiger partial charge in [0.15, 0.2) is 11.6 Å². The Morgan fingerprint density at radius 1 is 0.862 bits per heavy atom. The molecule has 9 heteroatoms. The van der Waals surface area contributed by atoms with Crippen LogP contribution in [0.2, 0.25) is 0 Å². The first-order valence-corrected chi connectivity index (χ1v) is 8.73. The third-order valence-corrected chi connectivity index (χ3v) is 3.88. The van der Waals surface area contributed by atoms with Crippen LogP contribution in [-0.2, 0) is 0 Å². The number of hydrogen-bond acceptors (Lipinski definition) is 5. The number of hydrogen-bond donors (Lipinski definition) is 3. The number of aromatic nitrogens is 2. The van der Waals surface area contributed by atoms with Crippen molar-refractivity contribution in [1.29, 1.82) is 0 Å². The Balaban J connectivity index is 1.62. The highest BCUT2D eigenvalue weighted by Crippen LogP contribution is 2.21. The Labute approximate surface area is 166 Å². The maximum atomic E-state index is 13.2. The molecule has 0 aliphatic rings. The topological polar surface area (TPSA) is 82.2 Å². The zero-order valence-corrected chi connectivity index (χ0v) is 16.1. The van der Waals surface area contributed by atoms with Crippen LogP contribution >= 0.6 is 0 Å². The van der Waals surface area contributed by atoms with E-state index >= 15 is 0 Å². The Morgan fingerprint density at radius 2 is 1.48 bits per heavy atom. The maximum absolute atomic E-state index is 13.2. The minimum absolute atomic E-state index is 0.149. The number of nitrogens with one attached hydrogen (secondary N) is 3. The highest BCUT2D eigenvalue weighted by atomic mass is 19.2. The Bertz CT molecular complexity index is 1020. The minimum atomic E-state index is -1.03. The largest absolute Gasteiger partial charge is 0.363 e. The molecule has 3 aromatic rings. The first kappa shape index (κ1) is 20.0. The number of benzene rings is 2. The minimum Gasteiger partial charge on any atom is -0.363 e. The van der Waals surface area contributed by atoms with Crippen molar-refractivity contribution >= 4 is 34.7 Å². The fourth-order valence-corrected chi connectivity index (χ4v) is 2.50. The van der Waals surface area contributed by atoms with Gasteiger partial charge in [-0.2, -0.15) is 0 Å². The van der Waals surface area contributed by atoms with Gasteiger partial charge in [0, 0.05) is 43.3 Å². The third kappa shape index (κ3) is 5.38. The number of carbonyl (C=O) groups excluding carboxylic acids is 1. The second-order valence-corrected chi connectivity index (χ2v) is 6.46. The monoisotopic (exact) mass is 398 g/mol. The van der Waals surface area contributed by atoms with Crippen molar-refractivity contribution in [3.63, 3.8) is 0 Å².